The third-order valence-corrected chi connectivity index (χ3v) is 2.64. The number of rotatable bonds is 2. The van der Waals surface area contributed by atoms with Gasteiger partial charge in [0.1, 0.15) is 30.5 Å². The predicted molar refractivity (Wildman–Crippen MR) is 47.6 cm³/mol. The largest absolute Gasteiger partial charge is 0.393 e. The number of hydrogen-bond acceptors (Lipinski definition) is 6. The maximum Gasteiger partial charge on any atom is 0.181 e. The van der Waals surface area contributed by atoms with E-state index in [4.69, 9.17) is 9.84 Å². The highest BCUT2D eigenvalue weighted by Crippen LogP contribution is 2.35. The fourth-order valence-corrected chi connectivity index (χ4v) is 1.62. The molecule has 4 atom stereocenters. The molecular formula is C8H13N3O4. The molecule has 1 aromatic rings. The standard InChI is InChI=1S/C8H13N3O4/c1-8(2-12)6(14)5(13)7(15-8)11-4-9-3-10-11/h3-7,12-14H,2H2,1H3/t5-,6+,7-,8-/m1/s1. The van der Waals surface area contributed by atoms with Gasteiger partial charge in [-0.25, -0.2) is 9.67 Å². The van der Waals surface area contributed by atoms with E-state index in [2.05, 4.69) is 10.1 Å². The topological polar surface area (TPSA) is 101 Å². The lowest BCUT2D eigenvalue weighted by atomic mass is 9.99. The van der Waals surface area contributed by atoms with Crippen molar-refractivity contribution in [1.29, 1.82) is 0 Å². The van der Waals surface area contributed by atoms with Crippen LogP contribution >= 0.6 is 0 Å². The molecule has 3 N–H and O–H groups in total. The van der Waals surface area contributed by atoms with Crippen molar-refractivity contribution < 1.29 is 20.1 Å². The second-order valence-corrected chi connectivity index (χ2v) is 3.79. The van der Waals surface area contributed by atoms with Crippen LogP contribution in [-0.4, -0.2) is 54.5 Å². The number of hydrogen-bond donors (Lipinski definition) is 3. The molecule has 0 aliphatic carbocycles. The Kier molecular flexibility index (Phi) is 2.47. The molecule has 0 saturated carbocycles. The molecule has 1 aliphatic heterocycles. The molecule has 2 rings (SSSR count). The van der Waals surface area contributed by atoms with Gasteiger partial charge in [0.05, 0.1) is 6.61 Å². The summed E-state index contributed by atoms with van der Waals surface area (Å²) in [6.07, 6.45) is -0.430. The van der Waals surface area contributed by atoms with E-state index in [-0.39, 0.29) is 6.61 Å². The number of nitrogens with zero attached hydrogens (tertiary/aromatic N) is 3. The van der Waals surface area contributed by atoms with Crippen LogP contribution < -0.4 is 0 Å². The minimum atomic E-state index is -1.17. The Bertz CT molecular complexity index is 331. The molecule has 1 aliphatic rings. The van der Waals surface area contributed by atoms with Gasteiger partial charge in [-0.2, -0.15) is 5.10 Å². The molecule has 15 heavy (non-hydrogen) atoms. The second-order valence-electron chi connectivity index (χ2n) is 3.79. The molecule has 1 aromatic heterocycles. The molecule has 0 aromatic carbocycles. The van der Waals surface area contributed by atoms with Crippen LogP contribution in [0.15, 0.2) is 12.7 Å². The van der Waals surface area contributed by atoms with Gasteiger partial charge in [-0.15, -0.1) is 0 Å². The Labute approximate surface area is 85.9 Å². The van der Waals surface area contributed by atoms with E-state index in [1.807, 2.05) is 0 Å². The minimum Gasteiger partial charge on any atom is -0.393 e. The summed E-state index contributed by atoms with van der Waals surface area (Å²) in [4.78, 5) is 3.72. The molecule has 7 nitrogen and oxygen atoms in total. The molecule has 0 radical (unpaired) electrons. The lowest BCUT2D eigenvalue weighted by molar-refractivity contribution is -0.119. The van der Waals surface area contributed by atoms with Crippen molar-refractivity contribution in [2.24, 2.45) is 0 Å². The zero-order valence-corrected chi connectivity index (χ0v) is 8.19. The monoisotopic (exact) mass is 215 g/mol. The number of aliphatic hydroxyl groups excluding tert-OH is 3. The Morgan fingerprint density at radius 3 is 2.73 bits per heavy atom. The van der Waals surface area contributed by atoms with Crippen LogP contribution in [0.3, 0.4) is 0 Å². The third kappa shape index (κ3) is 1.53. The summed E-state index contributed by atoms with van der Waals surface area (Å²) < 4.78 is 6.68. The normalized spacial score (nSPS) is 40.9. The Morgan fingerprint density at radius 2 is 2.27 bits per heavy atom. The molecule has 0 unspecified atom stereocenters. The van der Waals surface area contributed by atoms with Gasteiger partial charge in [0, 0.05) is 0 Å². The number of ether oxygens (including phenoxy) is 1. The molecular weight excluding hydrogens is 202 g/mol. The summed E-state index contributed by atoms with van der Waals surface area (Å²) >= 11 is 0. The number of aliphatic hydroxyl groups is 3. The van der Waals surface area contributed by atoms with Gasteiger partial charge >= 0.3 is 0 Å². The third-order valence-electron chi connectivity index (χ3n) is 2.64. The van der Waals surface area contributed by atoms with Gasteiger partial charge in [0.2, 0.25) is 0 Å². The Balaban J connectivity index is 2.24. The Hall–Kier alpha value is -1.02. The van der Waals surface area contributed by atoms with Crippen molar-refractivity contribution in [2.45, 2.75) is 31.0 Å². The summed E-state index contributed by atoms with van der Waals surface area (Å²) in [6, 6.07) is 0. The SMILES string of the molecule is C[C@]1(CO)O[C@@H](n2cncn2)[C@H](O)[C@@H]1O. The quantitative estimate of drug-likeness (QED) is 0.542. The predicted octanol–water partition coefficient (Wildman–Crippen LogP) is -1.72. The average molecular weight is 215 g/mol. The highest BCUT2D eigenvalue weighted by atomic mass is 16.6. The van der Waals surface area contributed by atoms with Crippen LogP contribution in [0.5, 0.6) is 0 Å². The van der Waals surface area contributed by atoms with Gasteiger partial charge in [0.15, 0.2) is 6.23 Å². The van der Waals surface area contributed by atoms with Crippen LogP contribution in [0.1, 0.15) is 13.2 Å². The van der Waals surface area contributed by atoms with Crippen molar-refractivity contribution in [3.8, 4) is 0 Å². The van der Waals surface area contributed by atoms with Crippen LogP contribution in [0.4, 0.5) is 0 Å². The van der Waals surface area contributed by atoms with E-state index in [0.717, 1.165) is 0 Å². The lowest BCUT2D eigenvalue weighted by Crippen LogP contribution is -2.43. The average Bonchev–Trinajstić information content (AvgIpc) is 2.82. The first-order valence-electron chi connectivity index (χ1n) is 4.57. The van der Waals surface area contributed by atoms with Crippen LogP contribution in [-0.2, 0) is 4.74 Å². The second kappa shape index (κ2) is 3.53. The first-order valence-corrected chi connectivity index (χ1v) is 4.57. The van der Waals surface area contributed by atoms with Crippen LogP contribution in [0, 0.1) is 0 Å². The number of aromatic nitrogens is 3. The van der Waals surface area contributed by atoms with E-state index in [9.17, 15) is 10.2 Å². The summed E-state index contributed by atoms with van der Waals surface area (Å²) in [5, 5.41) is 32.3. The van der Waals surface area contributed by atoms with Crippen molar-refractivity contribution in [3.63, 3.8) is 0 Å². The fraction of sp³-hybridized carbons (Fsp3) is 0.750. The molecule has 1 fully saturated rings. The zero-order valence-electron chi connectivity index (χ0n) is 8.19. The fourth-order valence-electron chi connectivity index (χ4n) is 1.62. The van der Waals surface area contributed by atoms with Crippen molar-refractivity contribution in [1.82, 2.24) is 14.8 Å². The molecule has 84 valence electrons. The van der Waals surface area contributed by atoms with Gasteiger partial charge in [-0.3, -0.25) is 0 Å². The summed E-state index contributed by atoms with van der Waals surface area (Å²) in [5.74, 6) is 0. The van der Waals surface area contributed by atoms with Gasteiger partial charge in [0.25, 0.3) is 0 Å². The summed E-state index contributed by atoms with van der Waals surface area (Å²) in [5.41, 5.74) is -1.17. The zero-order chi connectivity index (χ0) is 11.1. The molecule has 0 spiro atoms. The smallest absolute Gasteiger partial charge is 0.181 e. The van der Waals surface area contributed by atoms with E-state index in [0.29, 0.717) is 0 Å². The van der Waals surface area contributed by atoms with Gasteiger partial charge in [-0.05, 0) is 6.92 Å². The molecule has 0 amide bonds. The van der Waals surface area contributed by atoms with E-state index in [1.165, 1.54) is 24.3 Å². The van der Waals surface area contributed by atoms with Crippen molar-refractivity contribution >= 4 is 0 Å². The molecule has 1 saturated heterocycles. The lowest BCUT2D eigenvalue weighted by Gasteiger charge is -2.24. The maximum atomic E-state index is 9.72. The molecule has 2 heterocycles. The van der Waals surface area contributed by atoms with Crippen molar-refractivity contribution in [3.05, 3.63) is 12.7 Å². The minimum absolute atomic E-state index is 0.379. The van der Waals surface area contributed by atoms with Crippen LogP contribution in [0.2, 0.25) is 0 Å². The van der Waals surface area contributed by atoms with E-state index < -0.39 is 24.0 Å². The van der Waals surface area contributed by atoms with Gasteiger partial charge in [-0.1, -0.05) is 0 Å². The van der Waals surface area contributed by atoms with Gasteiger partial charge < -0.3 is 20.1 Å². The highest BCUT2D eigenvalue weighted by Gasteiger charge is 2.51. The molecule has 7 heteroatoms. The van der Waals surface area contributed by atoms with E-state index in [1.54, 1.807) is 0 Å². The molecule has 0 bridgehead atoms. The first-order chi connectivity index (χ1) is 7.08. The van der Waals surface area contributed by atoms with Crippen molar-refractivity contribution in [2.75, 3.05) is 6.61 Å². The highest BCUT2D eigenvalue weighted by molar-refractivity contribution is 4.97. The van der Waals surface area contributed by atoms with Crippen LogP contribution in [0.25, 0.3) is 0 Å². The first kappa shape index (κ1) is 10.5. The maximum absolute atomic E-state index is 9.72. The Morgan fingerprint density at radius 1 is 1.53 bits per heavy atom. The van der Waals surface area contributed by atoms with E-state index >= 15 is 0 Å². The summed E-state index contributed by atoms with van der Waals surface area (Å²) in [6.45, 7) is 1.15. The summed E-state index contributed by atoms with van der Waals surface area (Å²) in [7, 11) is 0.